The van der Waals surface area contributed by atoms with Crippen LogP contribution in [0, 0.1) is 0 Å². The fourth-order valence-electron chi connectivity index (χ4n) is 2.64. The maximum absolute atomic E-state index is 11.1. The number of carboxylic acids is 1. The summed E-state index contributed by atoms with van der Waals surface area (Å²) in [6.45, 7) is 4.67. The van der Waals surface area contributed by atoms with Crippen molar-refractivity contribution in [2.45, 2.75) is 31.0 Å². The van der Waals surface area contributed by atoms with Gasteiger partial charge in [-0.25, -0.2) is 0 Å². The molecule has 22 heavy (non-hydrogen) atoms. The van der Waals surface area contributed by atoms with E-state index in [4.69, 9.17) is 5.11 Å². The first-order valence-electron chi connectivity index (χ1n) is 7.25. The molecule has 4 heteroatoms. The average Bonchev–Trinajstić information content (AvgIpc) is 2.48. The third-order valence-electron chi connectivity index (χ3n) is 3.99. The van der Waals surface area contributed by atoms with E-state index < -0.39 is 5.97 Å². The van der Waals surface area contributed by atoms with E-state index in [-0.39, 0.29) is 20.4 Å². The number of hydrogen-bond donors (Lipinski definition) is 1. The van der Waals surface area contributed by atoms with Crippen LogP contribution >= 0.6 is 0 Å². The molecule has 0 spiro atoms. The molecule has 1 aliphatic heterocycles. The molecule has 2 nitrogen and oxygen atoms in total. The normalized spacial score (nSPS) is 16.1. The number of hydrogen-bond acceptors (Lipinski definition) is 1. The molecule has 0 saturated carbocycles. The predicted molar refractivity (Wildman–Crippen MR) is 92.7 cm³/mol. The van der Waals surface area contributed by atoms with Gasteiger partial charge in [-0.2, -0.15) is 0 Å². The molecule has 0 aliphatic carbocycles. The van der Waals surface area contributed by atoms with Crippen molar-refractivity contribution in [1.82, 2.24) is 0 Å². The van der Waals surface area contributed by atoms with Crippen LogP contribution in [0.1, 0.15) is 36.2 Å². The third kappa shape index (κ3) is 3.16. The topological polar surface area (TPSA) is 37.3 Å². The second kappa shape index (κ2) is 6.21. The van der Waals surface area contributed by atoms with E-state index in [9.17, 15) is 4.79 Å². The first-order valence-corrected chi connectivity index (χ1v) is 11.0. The zero-order chi connectivity index (χ0) is 15.7. The van der Waals surface area contributed by atoms with Crippen LogP contribution in [0.15, 0.2) is 42.5 Å². The van der Waals surface area contributed by atoms with E-state index in [1.54, 1.807) is 10.5 Å². The molecule has 0 fully saturated rings. The van der Waals surface area contributed by atoms with Gasteiger partial charge in [-0.1, -0.05) is 0 Å². The van der Waals surface area contributed by atoms with Gasteiger partial charge in [0.25, 0.3) is 0 Å². The number of carbonyl (C=O) groups is 1. The van der Waals surface area contributed by atoms with Crippen molar-refractivity contribution in [3.05, 3.63) is 53.6 Å². The monoisotopic (exact) mass is 426 g/mol. The first-order chi connectivity index (χ1) is 10.5. The molecular weight excluding hydrogens is 406 g/mol. The van der Waals surface area contributed by atoms with Crippen molar-refractivity contribution >= 4 is 49.3 Å². The van der Waals surface area contributed by atoms with Crippen molar-refractivity contribution in [1.29, 1.82) is 0 Å². The van der Waals surface area contributed by atoms with Crippen LogP contribution in [-0.4, -0.2) is 41.0 Å². The fourth-order valence-corrected chi connectivity index (χ4v) is 8.90. The maximum atomic E-state index is 11.1. The first kappa shape index (κ1) is 15.8. The Labute approximate surface area is 143 Å². The Morgan fingerprint density at radius 2 is 2.00 bits per heavy atom. The summed E-state index contributed by atoms with van der Waals surface area (Å²) >= 11 is 0.722. The van der Waals surface area contributed by atoms with Crippen LogP contribution in [0.2, 0.25) is 5.32 Å². The van der Waals surface area contributed by atoms with Crippen molar-refractivity contribution in [3.63, 3.8) is 0 Å². The number of benzene rings is 2. The summed E-state index contributed by atoms with van der Waals surface area (Å²) in [7, 11) is 0. The Morgan fingerprint density at radius 1 is 1.23 bits per heavy atom. The van der Waals surface area contributed by atoms with E-state index in [1.165, 1.54) is 21.8 Å². The fraction of sp³-hybridized carbons (Fsp3) is 0.278. The molecule has 114 valence electrons. The summed E-state index contributed by atoms with van der Waals surface area (Å²) in [4.78, 5) is 11.1. The van der Waals surface area contributed by atoms with Gasteiger partial charge < -0.3 is 0 Å². The van der Waals surface area contributed by atoms with Gasteiger partial charge in [0, 0.05) is 0 Å². The summed E-state index contributed by atoms with van der Waals surface area (Å²) < 4.78 is 4.13. The van der Waals surface area contributed by atoms with Crippen LogP contribution < -0.4 is 13.4 Å². The standard InChI is InChI=1S/C18H18O2Se2/c1-18(2)9-10-21-16-14(18)7-4-8-15(16)22-13-6-3-5-12(11-13)17(19)20/h3-8,11H,9-10H2,1-2H3,(H,19,20). The Bertz CT molecular complexity index is 723. The van der Waals surface area contributed by atoms with Gasteiger partial charge in [-0.15, -0.1) is 0 Å². The van der Waals surface area contributed by atoms with Crippen molar-refractivity contribution in [2.75, 3.05) is 0 Å². The summed E-state index contributed by atoms with van der Waals surface area (Å²) in [6, 6.07) is 14.1. The van der Waals surface area contributed by atoms with E-state index in [1.807, 2.05) is 18.2 Å². The Hall–Kier alpha value is -1.05. The molecule has 0 amide bonds. The molecule has 0 radical (unpaired) electrons. The van der Waals surface area contributed by atoms with E-state index in [0.717, 1.165) is 4.46 Å². The number of carboxylic acid groups (broad SMARTS) is 1. The Kier molecular flexibility index (Phi) is 4.47. The van der Waals surface area contributed by atoms with Gasteiger partial charge in [0.15, 0.2) is 0 Å². The molecule has 0 unspecified atom stereocenters. The summed E-state index contributed by atoms with van der Waals surface area (Å²) in [5, 5.41) is 10.4. The molecule has 0 aromatic heterocycles. The molecule has 2 aromatic rings. The van der Waals surface area contributed by atoms with Crippen LogP contribution in [0.25, 0.3) is 0 Å². The number of rotatable bonds is 3. The van der Waals surface area contributed by atoms with Crippen LogP contribution in [0.5, 0.6) is 0 Å². The van der Waals surface area contributed by atoms with Crippen molar-refractivity contribution in [3.8, 4) is 0 Å². The van der Waals surface area contributed by atoms with Gasteiger partial charge in [-0.05, 0) is 0 Å². The molecule has 0 saturated heterocycles. The summed E-state index contributed by atoms with van der Waals surface area (Å²) in [5.41, 5.74) is 2.16. The zero-order valence-corrected chi connectivity index (χ0v) is 16.1. The minimum absolute atomic E-state index is 0.173. The Morgan fingerprint density at radius 3 is 2.77 bits per heavy atom. The van der Waals surface area contributed by atoms with Crippen LogP contribution in [-0.2, 0) is 5.41 Å². The van der Waals surface area contributed by atoms with Crippen LogP contribution in [0.4, 0.5) is 0 Å². The molecule has 0 atom stereocenters. The van der Waals surface area contributed by atoms with Gasteiger partial charge in [0.05, 0.1) is 0 Å². The van der Waals surface area contributed by atoms with Gasteiger partial charge in [0.2, 0.25) is 0 Å². The molecule has 1 aliphatic rings. The van der Waals surface area contributed by atoms with E-state index >= 15 is 0 Å². The molecule has 0 bridgehead atoms. The van der Waals surface area contributed by atoms with Crippen molar-refractivity contribution < 1.29 is 9.90 Å². The molecular formula is C18H18O2Se2. The molecule has 1 heterocycles. The summed E-state index contributed by atoms with van der Waals surface area (Å²) in [6.07, 6.45) is 1.27. The number of fused-ring (bicyclic) bond motifs is 1. The van der Waals surface area contributed by atoms with Crippen molar-refractivity contribution in [2.24, 2.45) is 0 Å². The van der Waals surface area contributed by atoms with Gasteiger partial charge >= 0.3 is 144 Å². The quantitative estimate of drug-likeness (QED) is 0.759. The average molecular weight is 424 g/mol. The molecule has 3 rings (SSSR count). The Balaban J connectivity index is 1.97. The molecule has 2 aromatic carbocycles. The van der Waals surface area contributed by atoms with E-state index in [0.29, 0.717) is 20.5 Å². The van der Waals surface area contributed by atoms with E-state index in [2.05, 4.69) is 32.0 Å². The second-order valence-corrected chi connectivity index (χ2v) is 10.7. The predicted octanol–water partition coefficient (Wildman–Crippen LogP) is 1.47. The number of aromatic carboxylic acids is 1. The minimum atomic E-state index is -0.849. The molecule has 1 N–H and O–H groups in total. The SMILES string of the molecule is CC1(C)CC[Se]c2c([Se]c3cccc(C(=O)O)c3)cccc21. The van der Waals surface area contributed by atoms with Gasteiger partial charge in [-0.3, -0.25) is 0 Å². The summed E-state index contributed by atoms with van der Waals surface area (Å²) in [5.74, 6) is -0.849. The second-order valence-electron chi connectivity index (χ2n) is 6.05. The third-order valence-corrected chi connectivity index (χ3v) is 9.23. The zero-order valence-electron chi connectivity index (χ0n) is 12.6. The van der Waals surface area contributed by atoms with Crippen LogP contribution in [0.3, 0.4) is 0 Å². The van der Waals surface area contributed by atoms with Gasteiger partial charge in [0.1, 0.15) is 0 Å².